The van der Waals surface area contributed by atoms with Crippen molar-refractivity contribution in [3.63, 3.8) is 0 Å². The van der Waals surface area contributed by atoms with Crippen LogP contribution in [-0.4, -0.2) is 28.2 Å². The fourth-order valence-electron chi connectivity index (χ4n) is 7.44. The number of carbonyl (C=O) groups is 1. The average molecular weight is 318 g/mol. The first-order valence-electron chi connectivity index (χ1n) is 9.24. The van der Waals surface area contributed by atoms with E-state index in [9.17, 15) is 15.0 Å². The van der Waals surface area contributed by atoms with Crippen LogP contribution in [0.1, 0.15) is 59.3 Å². The number of aliphatic hydroxyl groups is 2. The molecule has 0 saturated heterocycles. The van der Waals surface area contributed by atoms with Crippen LogP contribution in [0, 0.1) is 34.0 Å². The van der Waals surface area contributed by atoms with Gasteiger partial charge < -0.3 is 10.2 Å². The molecule has 0 radical (unpaired) electrons. The standard InChI is InChI=1S/C20H30O3/c1-11-12-9-13(21)16-19(4)7-6-15(22)18(2,3)14(19)5-8-20(16,10-12)17(11)23/h12-16,21-22H,1,5-10H2,2-4H3/t12-,13+,14-,15-,16+,19-,20-/m1/s1. The fraction of sp³-hybridized carbons (Fsp3) is 0.850. The number of hydrogen-bond donors (Lipinski definition) is 2. The monoisotopic (exact) mass is 318 g/mol. The number of ketones is 1. The molecule has 7 atom stereocenters. The lowest BCUT2D eigenvalue weighted by Gasteiger charge is -2.64. The van der Waals surface area contributed by atoms with Gasteiger partial charge in [-0.1, -0.05) is 27.4 Å². The van der Waals surface area contributed by atoms with E-state index < -0.39 is 6.10 Å². The summed E-state index contributed by atoms with van der Waals surface area (Å²) >= 11 is 0. The quantitative estimate of drug-likeness (QED) is 0.675. The third kappa shape index (κ3) is 1.71. The molecule has 0 unspecified atom stereocenters. The normalized spacial score (nSPS) is 54.6. The molecule has 0 aromatic rings. The van der Waals surface area contributed by atoms with Crippen LogP contribution in [0.3, 0.4) is 0 Å². The number of fused-ring (bicyclic) bond motifs is 3. The number of Topliss-reactive ketones (excluding diaryl/α,β-unsaturated/α-hetero) is 1. The van der Waals surface area contributed by atoms with Crippen molar-refractivity contribution in [3.8, 4) is 0 Å². The average Bonchev–Trinajstić information content (AvgIpc) is 2.65. The minimum absolute atomic E-state index is 0.0310. The number of carbonyl (C=O) groups excluding carboxylic acids is 1. The zero-order chi connectivity index (χ0) is 16.8. The highest BCUT2D eigenvalue weighted by molar-refractivity contribution is 6.03. The van der Waals surface area contributed by atoms with Gasteiger partial charge in [-0.15, -0.1) is 0 Å². The summed E-state index contributed by atoms with van der Waals surface area (Å²) in [7, 11) is 0. The van der Waals surface area contributed by atoms with Crippen LogP contribution in [0.5, 0.6) is 0 Å². The summed E-state index contributed by atoms with van der Waals surface area (Å²) in [5.41, 5.74) is 0.183. The zero-order valence-corrected chi connectivity index (χ0v) is 14.6. The summed E-state index contributed by atoms with van der Waals surface area (Å²) in [6.45, 7) is 10.7. The Labute approximate surface area is 139 Å². The molecule has 0 amide bonds. The summed E-state index contributed by atoms with van der Waals surface area (Å²) < 4.78 is 0. The number of aliphatic hydroxyl groups excluding tert-OH is 2. The van der Waals surface area contributed by atoms with Crippen molar-refractivity contribution in [3.05, 3.63) is 12.2 Å². The number of allylic oxidation sites excluding steroid dienone is 1. The van der Waals surface area contributed by atoms with Crippen LogP contribution in [-0.2, 0) is 4.79 Å². The topological polar surface area (TPSA) is 57.5 Å². The molecule has 4 aliphatic carbocycles. The van der Waals surface area contributed by atoms with Crippen LogP contribution in [0.15, 0.2) is 12.2 Å². The van der Waals surface area contributed by atoms with Gasteiger partial charge in [-0.25, -0.2) is 0 Å². The third-order valence-corrected chi connectivity index (χ3v) is 8.45. The number of hydrogen-bond acceptors (Lipinski definition) is 3. The van der Waals surface area contributed by atoms with Crippen LogP contribution >= 0.6 is 0 Å². The summed E-state index contributed by atoms with van der Waals surface area (Å²) in [5, 5.41) is 21.5. The van der Waals surface area contributed by atoms with Crippen molar-refractivity contribution < 1.29 is 15.0 Å². The summed E-state index contributed by atoms with van der Waals surface area (Å²) in [5.74, 6) is 0.828. The Morgan fingerprint density at radius 1 is 1.13 bits per heavy atom. The Hall–Kier alpha value is -0.670. The summed E-state index contributed by atoms with van der Waals surface area (Å²) in [6.07, 6.45) is 4.44. The van der Waals surface area contributed by atoms with Crippen molar-refractivity contribution in [1.82, 2.24) is 0 Å². The molecule has 2 bridgehead atoms. The van der Waals surface area contributed by atoms with E-state index >= 15 is 0 Å². The van der Waals surface area contributed by atoms with Crippen molar-refractivity contribution in [2.24, 2.45) is 34.0 Å². The van der Waals surface area contributed by atoms with E-state index in [-0.39, 0.29) is 40.0 Å². The molecule has 2 N–H and O–H groups in total. The second-order valence-corrected chi connectivity index (χ2v) is 9.67. The molecule has 4 fully saturated rings. The van der Waals surface area contributed by atoms with E-state index in [4.69, 9.17) is 0 Å². The first-order chi connectivity index (χ1) is 10.6. The van der Waals surface area contributed by atoms with Gasteiger partial charge in [0.25, 0.3) is 0 Å². The lowest BCUT2D eigenvalue weighted by Crippen LogP contribution is -2.63. The largest absolute Gasteiger partial charge is 0.393 e. The molecular formula is C20H30O3. The molecule has 0 aromatic heterocycles. The number of rotatable bonds is 0. The van der Waals surface area contributed by atoms with Gasteiger partial charge in [0.05, 0.1) is 12.2 Å². The van der Waals surface area contributed by atoms with Gasteiger partial charge in [-0.2, -0.15) is 0 Å². The third-order valence-electron chi connectivity index (χ3n) is 8.45. The molecule has 3 nitrogen and oxygen atoms in total. The Morgan fingerprint density at radius 3 is 2.52 bits per heavy atom. The van der Waals surface area contributed by atoms with Gasteiger partial charge in [0.2, 0.25) is 0 Å². The van der Waals surface area contributed by atoms with Gasteiger partial charge in [0.1, 0.15) is 0 Å². The molecule has 4 aliphatic rings. The van der Waals surface area contributed by atoms with Crippen molar-refractivity contribution in [2.45, 2.75) is 71.5 Å². The lowest BCUT2D eigenvalue weighted by molar-refractivity contribution is -0.207. The second-order valence-electron chi connectivity index (χ2n) is 9.67. The molecule has 0 aromatic carbocycles. The van der Waals surface area contributed by atoms with Crippen molar-refractivity contribution >= 4 is 5.78 Å². The van der Waals surface area contributed by atoms with Crippen LogP contribution < -0.4 is 0 Å². The maximum absolute atomic E-state index is 13.1. The molecule has 4 rings (SSSR count). The smallest absolute Gasteiger partial charge is 0.165 e. The first kappa shape index (κ1) is 15.8. The maximum atomic E-state index is 13.1. The van der Waals surface area contributed by atoms with Gasteiger partial charge in [0.15, 0.2) is 5.78 Å². The first-order valence-corrected chi connectivity index (χ1v) is 9.24. The Bertz CT molecular complexity index is 579. The minimum atomic E-state index is -0.407. The van der Waals surface area contributed by atoms with Crippen LogP contribution in [0.25, 0.3) is 0 Å². The van der Waals surface area contributed by atoms with E-state index in [2.05, 4.69) is 27.4 Å². The van der Waals surface area contributed by atoms with Gasteiger partial charge >= 0.3 is 0 Å². The predicted octanol–water partition coefficient (Wildman–Crippen LogP) is 3.10. The Morgan fingerprint density at radius 2 is 1.83 bits per heavy atom. The van der Waals surface area contributed by atoms with Crippen LogP contribution in [0.2, 0.25) is 0 Å². The van der Waals surface area contributed by atoms with E-state index in [0.717, 1.165) is 37.7 Å². The highest BCUT2D eigenvalue weighted by Crippen LogP contribution is 2.70. The SMILES string of the molecule is C=C1C(=O)[C@@]23CC[C@@H]4C(C)(C)[C@H](O)CC[C@@]4(C)[C@@H]2[C@@H](O)C[C@@H]1C3. The predicted molar refractivity (Wildman–Crippen MR) is 88.7 cm³/mol. The van der Waals surface area contributed by atoms with Gasteiger partial charge in [0, 0.05) is 11.3 Å². The summed E-state index contributed by atoms with van der Waals surface area (Å²) in [4.78, 5) is 13.1. The van der Waals surface area contributed by atoms with E-state index in [1.54, 1.807) is 0 Å². The summed E-state index contributed by atoms with van der Waals surface area (Å²) in [6, 6.07) is 0. The molecule has 128 valence electrons. The van der Waals surface area contributed by atoms with E-state index in [1.165, 1.54) is 0 Å². The Balaban J connectivity index is 1.83. The minimum Gasteiger partial charge on any atom is -0.393 e. The molecular weight excluding hydrogens is 288 g/mol. The molecule has 1 spiro atoms. The lowest BCUT2D eigenvalue weighted by atomic mass is 9.40. The molecule has 0 aliphatic heterocycles. The maximum Gasteiger partial charge on any atom is 0.165 e. The van der Waals surface area contributed by atoms with Crippen molar-refractivity contribution in [2.75, 3.05) is 0 Å². The molecule has 3 heteroatoms. The molecule has 0 heterocycles. The molecule has 23 heavy (non-hydrogen) atoms. The highest BCUT2D eigenvalue weighted by Gasteiger charge is 2.69. The molecule has 4 saturated carbocycles. The fourth-order valence-corrected chi connectivity index (χ4v) is 7.44. The van der Waals surface area contributed by atoms with E-state index in [0.29, 0.717) is 12.3 Å². The zero-order valence-electron chi connectivity index (χ0n) is 14.6. The van der Waals surface area contributed by atoms with Crippen molar-refractivity contribution in [1.29, 1.82) is 0 Å². The van der Waals surface area contributed by atoms with E-state index in [1.807, 2.05) is 0 Å². The van der Waals surface area contributed by atoms with Gasteiger partial charge in [-0.05, 0) is 66.8 Å². The Kier molecular flexibility index (Phi) is 3.09. The van der Waals surface area contributed by atoms with Gasteiger partial charge in [-0.3, -0.25) is 4.79 Å². The highest BCUT2D eigenvalue weighted by atomic mass is 16.3. The second kappa shape index (κ2) is 4.49. The van der Waals surface area contributed by atoms with Crippen LogP contribution in [0.4, 0.5) is 0 Å².